The van der Waals surface area contributed by atoms with Gasteiger partial charge in [-0.25, -0.2) is 4.98 Å². The third-order valence-corrected chi connectivity index (χ3v) is 8.32. The van der Waals surface area contributed by atoms with Crippen LogP contribution >= 0.6 is 0 Å². The van der Waals surface area contributed by atoms with Gasteiger partial charge in [-0.1, -0.05) is 34.6 Å². The van der Waals surface area contributed by atoms with Gasteiger partial charge in [0.2, 0.25) is 5.95 Å². The molecule has 1 heterocycles. The van der Waals surface area contributed by atoms with Crippen LogP contribution in [0.3, 0.4) is 0 Å². The lowest BCUT2D eigenvalue weighted by Gasteiger charge is -2.80. The number of carbonyl (C=O) groups excluding carboxylic acids is 1. The standard InChI is InChI=1S/C22H35N5O2/c1-12-6-7-14(8-16(12)28)25-18-15(17(23)29)9-24-19(26-18)27-22-10-21(11-22,13(22)2)20(3,4)5/h9,12-14,16,28H,6-8,10-11H2,1-5H3,(H2,23,29)(H2,24,25,26,27)/t12-,13+,14-,16-,21?,22?/m1/s1. The summed E-state index contributed by atoms with van der Waals surface area (Å²) in [6.07, 6.45) is 5.93. The molecule has 1 amide bonds. The van der Waals surface area contributed by atoms with Crippen molar-refractivity contribution in [3.05, 3.63) is 11.8 Å². The Labute approximate surface area is 173 Å². The highest BCUT2D eigenvalue weighted by Gasteiger charge is 2.77. The molecule has 7 nitrogen and oxygen atoms in total. The highest BCUT2D eigenvalue weighted by molar-refractivity contribution is 5.97. The number of carbonyl (C=O) groups is 1. The highest BCUT2D eigenvalue weighted by atomic mass is 16.3. The Bertz CT molecular complexity index is 812. The minimum atomic E-state index is -0.547. The minimum absolute atomic E-state index is 0.0508. The summed E-state index contributed by atoms with van der Waals surface area (Å²) in [6, 6.07) is 0.0695. The van der Waals surface area contributed by atoms with Crippen LogP contribution in [-0.2, 0) is 0 Å². The van der Waals surface area contributed by atoms with Gasteiger partial charge in [0.25, 0.3) is 5.91 Å². The van der Waals surface area contributed by atoms with E-state index in [-0.39, 0.29) is 23.1 Å². The number of aromatic nitrogens is 2. The number of hydrogen-bond donors (Lipinski definition) is 4. The van der Waals surface area contributed by atoms with E-state index in [1.165, 1.54) is 6.20 Å². The second-order valence-electron chi connectivity index (χ2n) is 10.8. The van der Waals surface area contributed by atoms with Crippen molar-refractivity contribution in [3.8, 4) is 0 Å². The van der Waals surface area contributed by atoms with Gasteiger partial charge in [-0.3, -0.25) is 4.79 Å². The number of nitrogens with one attached hydrogen (secondary N) is 2. The molecule has 4 aliphatic carbocycles. The average Bonchev–Trinajstić information content (AvgIpc) is 2.60. The number of aliphatic hydroxyl groups is 1. The number of anilines is 2. The average molecular weight is 402 g/mol. The molecule has 7 heteroatoms. The summed E-state index contributed by atoms with van der Waals surface area (Å²) in [4.78, 5) is 20.9. The van der Waals surface area contributed by atoms with Gasteiger partial charge < -0.3 is 21.5 Å². The molecule has 4 atom stereocenters. The summed E-state index contributed by atoms with van der Waals surface area (Å²) in [7, 11) is 0. The molecule has 1 aromatic rings. The highest BCUT2D eigenvalue weighted by Crippen LogP contribution is 2.78. The molecule has 0 aliphatic heterocycles. The van der Waals surface area contributed by atoms with Gasteiger partial charge in [0, 0.05) is 17.8 Å². The van der Waals surface area contributed by atoms with Crippen molar-refractivity contribution in [1.29, 1.82) is 0 Å². The van der Waals surface area contributed by atoms with Gasteiger partial charge in [-0.05, 0) is 54.8 Å². The van der Waals surface area contributed by atoms with E-state index in [0.717, 1.165) is 25.7 Å². The van der Waals surface area contributed by atoms with E-state index in [2.05, 4.69) is 55.2 Å². The molecular formula is C22H35N5O2. The summed E-state index contributed by atoms with van der Waals surface area (Å²) in [5.74, 6) is 1.31. The predicted octanol–water partition coefficient (Wildman–Crippen LogP) is 3.16. The number of nitrogens with zero attached hydrogens (tertiary/aromatic N) is 2. The fourth-order valence-electron chi connectivity index (χ4n) is 5.91. The Hall–Kier alpha value is -1.89. The molecule has 0 saturated heterocycles. The van der Waals surface area contributed by atoms with Crippen molar-refractivity contribution in [3.63, 3.8) is 0 Å². The Kier molecular flexibility index (Phi) is 4.61. The van der Waals surface area contributed by atoms with E-state index < -0.39 is 5.91 Å². The Morgan fingerprint density at radius 1 is 1.28 bits per heavy atom. The van der Waals surface area contributed by atoms with Gasteiger partial charge in [0.1, 0.15) is 5.82 Å². The molecule has 4 saturated carbocycles. The third kappa shape index (κ3) is 3.09. The Morgan fingerprint density at radius 2 is 1.97 bits per heavy atom. The number of hydrogen-bond acceptors (Lipinski definition) is 6. The van der Waals surface area contributed by atoms with Crippen molar-refractivity contribution in [1.82, 2.24) is 9.97 Å². The number of primary amides is 1. The maximum Gasteiger partial charge on any atom is 0.254 e. The van der Waals surface area contributed by atoms with Crippen LogP contribution in [0.1, 0.15) is 77.1 Å². The molecule has 160 valence electrons. The van der Waals surface area contributed by atoms with Crippen LogP contribution in [0.2, 0.25) is 0 Å². The SMILES string of the molecule is C[C@@H]1CC[C@@H](Nc2nc(NC34CC(C(C)(C)C)(C3)[C@@H]4C)ncc2C(N)=O)C[C@H]1O. The van der Waals surface area contributed by atoms with Crippen LogP contribution in [-0.4, -0.2) is 38.7 Å². The summed E-state index contributed by atoms with van der Waals surface area (Å²) in [5.41, 5.74) is 6.57. The first-order valence-corrected chi connectivity index (χ1v) is 10.9. The molecule has 29 heavy (non-hydrogen) atoms. The lowest BCUT2D eigenvalue weighted by Crippen LogP contribution is -2.81. The lowest BCUT2D eigenvalue weighted by atomic mass is 9.27. The molecule has 4 fully saturated rings. The monoisotopic (exact) mass is 401 g/mol. The van der Waals surface area contributed by atoms with E-state index in [4.69, 9.17) is 5.73 Å². The van der Waals surface area contributed by atoms with E-state index in [1.807, 2.05) is 0 Å². The molecule has 0 aromatic carbocycles. The summed E-state index contributed by atoms with van der Waals surface area (Å²) < 4.78 is 0. The molecular weight excluding hydrogens is 366 g/mol. The van der Waals surface area contributed by atoms with Gasteiger partial charge in [0.15, 0.2) is 0 Å². The van der Waals surface area contributed by atoms with Gasteiger partial charge in [-0.15, -0.1) is 0 Å². The van der Waals surface area contributed by atoms with Crippen LogP contribution in [0.4, 0.5) is 11.8 Å². The van der Waals surface area contributed by atoms with Gasteiger partial charge in [0.05, 0.1) is 11.7 Å². The summed E-state index contributed by atoms with van der Waals surface area (Å²) in [6.45, 7) is 11.4. The third-order valence-electron chi connectivity index (χ3n) is 8.32. The first-order valence-electron chi connectivity index (χ1n) is 10.9. The van der Waals surface area contributed by atoms with E-state index in [9.17, 15) is 9.90 Å². The largest absolute Gasteiger partial charge is 0.393 e. The van der Waals surface area contributed by atoms with E-state index in [1.54, 1.807) is 0 Å². The topological polar surface area (TPSA) is 113 Å². The fourth-order valence-corrected chi connectivity index (χ4v) is 5.91. The number of rotatable bonds is 5. The molecule has 5 N–H and O–H groups in total. The maximum atomic E-state index is 11.9. The zero-order valence-electron chi connectivity index (χ0n) is 18.2. The maximum absolute atomic E-state index is 11.9. The van der Waals surface area contributed by atoms with Gasteiger partial charge >= 0.3 is 0 Å². The fraction of sp³-hybridized carbons (Fsp3) is 0.773. The molecule has 0 unspecified atom stereocenters. The molecule has 0 radical (unpaired) electrons. The quantitative estimate of drug-likeness (QED) is 0.603. The molecule has 5 rings (SSSR count). The number of amides is 1. The zero-order valence-corrected chi connectivity index (χ0v) is 18.2. The first kappa shape index (κ1) is 20.4. The second kappa shape index (κ2) is 6.56. The molecule has 2 bridgehead atoms. The molecule has 4 aliphatic rings. The van der Waals surface area contributed by atoms with Crippen molar-refractivity contribution in [2.45, 2.75) is 84.4 Å². The minimum Gasteiger partial charge on any atom is -0.393 e. The van der Waals surface area contributed by atoms with Crippen molar-refractivity contribution < 1.29 is 9.90 Å². The normalized spacial score (nSPS) is 38.6. The summed E-state index contributed by atoms with van der Waals surface area (Å²) in [5, 5.41) is 17.1. The van der Waals surface area contributed by atoms with E-state index >= 15 is 0 Å². The number of nitrogens with two attached hydrogens (primary N) is 1. The van der Waals surface area contributed by atoms with Crippen molar-refractivity contribution in [2.75, 3.05) is 10.6 Å². The van der Waals surface area contributed by atoms with Crippen LogP contribution in [0.5, 0.6) is 0 Å². The molecule has 1 aromatic heterocycles. The zero-order chi connectivity index (χ0) is 21.2. The lowest BCUT2D eigenvalue weighted by molar-refractivity contribution is -0.249. The Morgan fingerprint density at radius 3 is 2.52 bits per heavy atom. The van der Waals surface area contributed by atoms with E-state index in [0.29, 0.717) is 41.0 Å². The van der Waals surface area contributed by atoms with Crippen LogP contribution in [0.25, 0.3) is 0 Å². The van der Waals surface area contributed by atoms with Gasteiger partial charge in [-0.2, -0.15) is 4.98 Å². The second-order valence-corrected chi connectivity index (χ2v) is 10.8. The first-order chi connectivity index (χ1) is 13.5. The predicted molar refractivity (Wildman–Crippen MR) is 114 cm³/mol. The molecule has 0 spiro atoms. The van der Waals surface area contributed by atoms with Crippen LogP contribution < -0.4 is 16.4 Å². The van der Waals surface area contributed by atoms with Crippen molar-refractivity contribution >= 4 is 17.7 Å². The van der Waals surface area contributed by atoms with Crippen LogP contribution in [0, 0.1) is 22.7 Å². The van der Waals surface area contributed by atoms with Crippen molar-refractivity contribution in [2.24, 2.45) is 28.4 Å². The van der Waals surface area contributed by atoms with Crippen LogP contribution in [0.15, 0.2) is 6.20 Å². The summed E-state index contributed by atoms with van der Waals surface area (Å²) >= 11 is 0. The number of aliphatic hydroxyl groups excluding tert-OH is 1. The Balaban J connectivity index is 1.50. The smallest absolute Gasteiger partial charge is 0.254 e.